The lowest BCUT2D eigenvalue weighted by Crippen LogP contribution is -2.41. The van der Waals surface area contributed by atoms with Gasteiger partial charge in [-0.25, -0.2) is 0 Å². The molecule has 2 atom stereocenters. The molecule has 5 nitrogen and oxygen atoms in total. The quantitative estimate of drug-likeness (QED) is 0.708. The van der Waals surface area contributed by atoms with Gasteiger partial charge in [0.25, 0.3) is 5.91 Å². The van der Waals surface area contributed by atoms with Gasteiger partial charge in [0.15, 0.2) is 5.43 Å². The maximum absolute atomic E-state index is 13.6. The van der Waals surface area contributed by atoms with Crippen LogP contribution in [0.1, 0.15) is 46.6 Å². The summed E-state index contributed by atoms with van der Waals surface area (Å²) in [6.07, 6.45) is 4.91. The first kappa shape index (κ1) is 20.9. The first-order valence-corrected chi connectivity index (χ1v) is 11.2. The molecular formula is C25H33N3O2. The van der Waals surface area contributed by atoms with E-state index in [0.717, 1.165) is 50.3 Å². The lowest BCUT2D eigenvalue weighted by Gasteiger charge is -2.29. The van der Waals surface area contributed by atoms with Crippen LogP contribution < -0.4 is 5.43 Å². The Morgan fingerprint density at radius 2 is 1.90 bits per heavy atom. The number of aromatic nitrogens is 1. The van der Waals surface area contributed by atoms with Crippen molar-refractivity contribution in [1.29, 1.82) is 0 Å². The number of nitrogens with zero attached hydrogens (tertiary/aromatic N) is 3. The Morgan fingerprint density at radius 3 is 2.53 bits per heavy atom. The van der Waals surface area contributed by atoms with Crippen LogP contribution >= 0.6 is 0 Å². The first-order valence-electron chi connectivity index (χ1n) is 11.2. The molecule has 30 heavy (non-hydrogen) atoms. The number of aryl methyl sites for hydroxylation is 2. The van der Waals surface area contributed by atoms with Crippen LogP contribution in [0.2, 0.25) is 0 Å². The van der Waals surface area contributed by atoms with E-state index >= 15 is 0 Å². The molecule has 1 aliphatic carbocycles. The van der Waals surface area contributed by atoms with E-state index in [2.05, 4.69) is 35.7 Å². The van der Waals surface area contributed by atoms with E-state index in [1.54, 1.807) is 6.07 Å². The molecule has 4 rings (SSSR count). The van der Waals surface area contributed by atoms with E-state index in [0.29, 0.717) is 23.9 Å². The van der Waals surface area contributed by atoms with Crippen molar-refractivity contribution in [1.82, 2.24) is 14.4 Å². The van der Waals surface area contributed by atoms with Crippen molar-refractivity contribution < 1.29 is 4.79 Å². The Bertz CT molecular complexity index is 964. The SMILES string of the molecule is Cc1cc(=O)c(C(=O)N2C[C@@H]3CC[C@@H]2C3)c(CCc2ccccc2)n1CCN(C)C. The number of amides is 1. The van der Waals surface area contributed by atoms with Gasteiger partial charge in [-0.05, 0) is 64.6 Å². The topological polar surface area (TPSA) is 45.6 Å². The number of likely N-dealkylation sites (tertiary alicyclic amines) is 1. The highest BCUT2D eigenvalue weighted by molar-refractivity contribution is 5.95. The Balaban J connectivity index is 1.71. The van der Waals surface area contributed by atoms with Crippen LogP contribution in [0.5, 0.6) is 0 Å². The van der Waals surface area contributed by atoms with Gasteiger partial charge in [-0.2, -0.15) is 0 Å². The molecule has 1 saturated carbocycles. The van der Waals surface area contributed by atoms with Gasteiger partial charge in [0, 0.05) is 43.1 Å². The second-order valence-corrected chi connectivity index (χ2v) is 9.20. The summed E-state index contributed by atoms with van der Waals surface area (Å²) >= 11 is 0. The molecule has 1 aliphatic heterocycles. The minimum atomic E-state index is -0.121. The molecule has 2 heterocycles. The molecule has 1 aromatic heterocycles. The fourth-order valence-electron chi connectivity index (χ4n) is 5.15. The van der Waals surface area contributed by atoms with E-state index in [9.17, 15) is 9.59 Å². The average Bonchev–Trinajstić information content (AvgIpc) is 3.35. The smallest absolute Gasteiger partial charge is 0.259 e. The number of pyridine rings is 1. The summed E-state index contributed by atoms with van der Waals surface area (Å²) in [4.78, 5) is 30.8. The van der Waals surface area contributed by atoms with Gasteiger partial charge < -0.3 is 14.4 Å². The largest absolute Gasteiger partial charge is 0.347 e. The molecule has 2 bridgehead atoms. The van der Waals surface area contributed by atoms with E-state index in [1.807, 2.05) is 30.0 Å². The fourth-order valence-corrected chi connectivity index (χ4v) is 5.15. The van der Waals surface area contributed by atoms with Crippen LogP contribution in [0.4, 0.5) is 0 Å². The predicted molar refractivity (Wildman–Crippen MR) is 120 cm³/mol. The van der Waals surface area contributed by atoms with Gasteiger partial charge in [0.2, 0.25) is 0 Å². The highest BCUT2D eigenvalue weighted by Gasteiger charge is 2.41. The molecule has 5 heteroatoms. The fraction of sp³-hybridized carbons (Fsp3) is 0.520. The van der Waals surface area contributed by atoms with Crippen molar-refractivity contribution >= 4 is 5.91 Å². The van der Waals surface area contributed by atoms with Gasteiger partial charge in [-0.3, -0.25) is 9.59 Å². The minimum Gasteiger partial charge on any atom is -0.347 e. The normalized spacial score (nSPS) is 20.3. The maximum Gasteiger partial charge on any atom is 0.259 e. The van der Waals surface area contributed by atoms with Crippen LogP contribution in [-0.4, -0.2) is 53.5 Å². The lowest BCUT2D eigenvalue weighted by molar-refractivity contribution is 0.0699. The number of carbonyl (C=O) groups is 1. The summed E-state index contributed by atoms with van der Waals surface area (Å²) in [5.41, 5.74) is 3.35. The zero-order chi connectivity index (χ0) is 21.3. The minimum absolute atomic E-state index is 0.0473. The number of fused-ring (bicyclic) bond motifs is 2. The Hall–Kier alpha value is -2.40. The second kappa shape index (κ2) is 8.76. The molecule has 2 aliphatic rings. The molecule has 1 saturated heterocycles. The zero-order valence-corrected chi connectivity index (χ0v) is 18.4. The molecule has 1 aromatic carbocycles. The Kier molecular flexibility index (Phi) is 6.09. The van der Waals surface area contributed by atoms with Gasteiger partial charge in [0.1, 0.15) is 5.56 Å². The highest BCUT2D eigenvalue weighted by atomic mass is 16.2. The summed E-state index contributed by atoms with van der Waals surface area (Å²) in [6, 6.07) is 12.3. The third-order valence-electron chi connectivity index (χ3n) is 6.77. The number of piperidine rings is 1. The van der Waals surface area contributed by atoms with Crippen molar-refractivity contribution in [2.24, 2.45) is 5.92 Å². The standard InChI is InChI=1S/C25H33N3O2/c1-18-15-23(29)24(25(30)28-17-20-9-11-21(28)16-20)22(27(18)14-13-26(2)3)12-10-19-7-5-4-6-8-19/h4-8,15,20-21H,9-14,16-17H2,1-3H3/t20-,21-/m1/s1. The number of carbonyl (C=O) groups excluding carboxylic acids is 1. The summed E-state index contributed by atoms with van der Waals surface area (Å²) in [7, 11) is 4.10. The molecule has 2 fully saturated rings. The van der Waals surface area contributed by atoms with Crippen molar-refractivity contribution in [2.75, 3.05) is 27.2 Å². The third-order valence-corrected chi connectivity index (χ3v) is 6.77. The van der Waals surface area contributed by atoms with Crippen molar-refractivity contribution in [3.63, 3.8) is 0 Å². The van der Waals surface area contributed by atoms with Crippen LogP contribution in [0, 0.1) is 12.8 Å². The number of hydrogen-bond donors (Lipinski definition) is 0. The summed E-state index contributed by atoms with van der Waals surface area (Å²) in [5, 5.41) is 0. The van der Waals surface area contributed by atoms with E-state index in [4.69, 9.17) is 0 Å². The van der Waals surface area contributed by atoms with Crippen molar-refractivity contribution in [2.45, 2.75) is 51.6 Å². The highest BCUT2D eigenvalue weighted by Crippen LogP contribution is 2.38. The predicted octanol–water partition coefficient (Wildman–Crippen LogP) is 3.13. The number of hydrogen-bond acceptors (Lipinski definition) is 3. The van der Waals surface area contributed by atoms with Gasteiger partial charge in [0.05, 0.1) is 0 Å². The molecule has 0 spiro atoms. The van der Waals surface area contributed by atoms with E-state index in [1.165, 1.54) is 12.0 Å². The Labute approximate surface area is 179 Å². The summed E-state index contributed by atoms with van der Waals surface area (Å²) in [5.74, 6) is 0.571. The first-order chi connectivity index (χ1) is 14.4. The summed E-state index contributed by atoms with van der Waals surface area (Å²) < 4.78 is 2.20. The molecule has 160 valence electrons. The average molecular weight is 408 g/mol. The van der Waals surface area contributed by atoms with Gasteiger partial charge >= 0.3 is 0 Å². The number of likely N-dealkylation sites (N-methyl/N-ethyl adjacent to an activating group) is 1. The number of benzene rings is 1. The van der Waals surface area contributed by atoms with Crippen LogP contribution in [0.25, 0.3) is 0 Å². The van der Waals surface area contributed by atoms with Crippen LogP contribution in [0.3, 0.4) is 0 Å². The van der Waals surface area contributed by atoms with Crippen LogP contribution in [0.15, 0.2) is 41.2 Å². The molecule has 0 radical (unpaired) electrons. The van der Waals surface area contributed by atoms with Crippen molar-refractivity contribution in [3.8, 4) is 0 Å². The Morgan fingerprint density at radius 1 is 1.13 bits per heavy atom. The molecule has 2 aromatic rings. The third kappa shape index (κ3) is 4.22. The van der Waals surface area contributed by atoms with E-state index in [-0.39, 0.29) is 11.3 Å². The maximum atomic E-state index is 13.6. The van der Waals surface area contributed by atoms with E-state index < -0.39 is 0 Å². The van der Waals surface area contributed by atoms with Gasteiger partial charge in [-0.15, -0.1) is 0 Å². The zero-order valence-electron chi connectivity index (χ0n) is 18.4. The second-order valence-electron chi connectivity index (χ2n) is 9.20. The molecular weight excluding hydrogens is 374 g/mol. The monoisotopic (exact) mass is 407 g/mol. The molecule has 1 amide bonds. The number of rotatable bonds is 7. The van der Waals surface area contributed by atoms with Crippen LogP contribution in [-0.2, 0) is 19.4 Å². The van der Waals surface area contributed by atoms with Crippen molar-refractivity contribution in [3.05, 3.63) is 69.1 Å². The van der Waals surface area contributed by atoms with Gasteiger partial charge in [-0.1, -0.05) is 30.3 Å². The summed E-state index contributed by atoms with van der Waals surface area (Å²) in [6.45, 7) is 4.43. The molecule has 0 N–H and O–H groups in total. The molecule has 0 unspecified atom stereocenters. The lowest BCUT2D eigenvalue weighted by atomic mass is 10.0.